The number of H-pyrrole nitrogens is 1. The van der Waals surface area contributed by atoms with Gasteiger partial charge in [-0.1, -0.05) is 32.9 Å². The third-order valence-electron chi connectivity index (χ3n) is 3.82. The van der Waals surface area contributed by atoms with Crippen molar-refractivity contribution >= 4 is 17.2 Å². The monoisotopic (exact) mass is 324 g/mol. The molecule has 0 unspecified atom stereocenters. The third kappa shape index (κ3) is 2.95. The van der Waals surface area contributed by atoms with Crippen LogP contribution >= 0.6 is 0 Å². The first kappa shape index (κ1) is 16.0. The molecule has 0 bridgehead atoms. The molecule has 0 aliphatic rings. The second-order valence-electron chi connectivity index (χ2n) is 6.85. The molecular formula is C18H20N4O2. The van der Waals surface area contributed by atoms with Crippen molar-refractivity contribution < 1.29 is 4.79 Å². The maximum absolute atomic E-state index is 12.3. The lowest BCUT2D eigenvalue weighted by atomic mass is 9.92. The van der Waals surface area contributed by atoms with Crippen molar-refractivity contribution in [3.8, 4) is 11.1 Å². The van der Waals surface area contributed by atoms with E-state index < -0.39 is 0 Å². The molecular weight excluding hydrogens is 304 g/mol. The Balaban J connectivity index is 2.11. The summed E-state index contributed by atoms with van der Waals surface area (Å²) in [5.74, 6) is -0.113. The van der Waals surface area contributed by atoms with Gasteiger partial charge in [0.1, 0.15) is 5.65 Å². The van der Waals surface area contributed by atoms with Crippen LogP contribution in [0, 0.1) is 0 Å². The van der Waals surface area contributed by atoms with Gasteiger partial charge in [0.15, 0.2) is 0 Å². The van der Waals surface area contributed by atoms with Crippen molar-refractivity contribution in [3.63, 3.8) is 0 Å². The molecule has 124 valence electrons. The zero-order valence-corrected chi connectivity index (χ0v) is 14.2. The molecule has 0 aliphatic carbocycles. The number of carbonyl (C=O) groups excluding carboxylic acids is 1. The summed E-state index contributed by atoms with van der Waals surface area (Å²) < 4.78 is 1.37. The van der Waals surface area contributed by atoms with Gasteiger partial charge < -0.3 is 10.3 Å². The maximum Gasteiger partial charge on any atom is 0.274 e. The van der Waals surface area contributed by atoms with E-state index in [1.807, 2.05) is 45.0 Å². The van der Waals surface area contributed by atoms with Gasteiger partial charge in [0.25, 0.3) is 5.56 Å². The minimum atomic E-state index is -0.169. The topological polar surface area (TPSA) is 79.3 Å². The molecule has 2 heterocycles. The quantitative estimate of drug-likeness (QED) is 0.760. The van der Waals surface area contributed by atoms with Gasteiger partial charge in [-0.25, -0.2) is 0 Å². The summed E-state index contributed by atoms with van der Waals surface area (Å²) in [6.45, 7) is 7.62. The van der Waals surface area contributed by atoms with Gasteiger partial charge in [0.2, 0.25) is 5.91 Å². The van der Waals surface area contributed by atoms with E-state index in [9.17, 15) is 9.59 Å². The van der Waals surface area contributed by atoms with Gasteiger partial charge in [-0.05, 0) is 17.7 Å². The number of amides is 1. The normalized spacial score (nSPS) is 11.7. The smallest absolute Gasteiger partial charge is 0.274 e. The summed E-state index contributed by atoms with van der Waals surface area (Å²) >= 11 is 0. The Morgan fingerprint density at radius 1 is 1.21 bits per heavy atom. The van der Waals surface area contributed by atoms with Gasteiger partial charge in [-0.15, -0.1) is 0 Å². The highest BCUT2D eigenvalue weighted by atomic mass is 16.1. The maximum atomic E-state index is 12.3. The molecule has 0 atom stereocenters. The van der Waals surface area contributed by atoms with Crippen molar-refractivity contribution in [2.45, 2.75) is 33.1 Å². The summed E-state index contributed by atoms with van der Waals surface area (Å²) in [4.78, 5) is 26.7. The molecule has 3 rings (SSSR count). The number of fused-ring (bicyclic) bond motifs is 1. The van der Waals surface area contributed by atoms with E-state index in [0.717, 1.165) is 22.5 Å². The first-order valence-electron chi connectivity index (χ1n) is 7.75. The van der Waals surface area contributed by atoms with Crippen LogP contribution in [0.4, 0.5) is 5.69 Å². The lowest BCUT2D eigenvalue weighted by molar-refractivity contribution is -0.114. The number of anilines is 1. The van der Waals surface area contributed by atoms with Crippen LogP contribution in [0.3, 0.4) is 0 Å². The minimum absolute atomic E-state index is 0.113. The number of rotatable bonds is 2. The highest BCUT2D eigenvalue weighted by Gasteiger charge is 2.18. The number of hydrogen-bond donors (Lipinski definition) is 2. The minimum Gasteiger partial charge on any atom is -0.342 e. The van der Waals surface area contributed by atoms with Gasteiger partial charge in [0, 0.05) is 35.3 Å². The number of nitrogens with one attached hydrogen (secondary N) is 2. The van der Waals surface area contributed by atoms with Crippen LogP contribution in [-0.2, 0) is 10.2 Å². The highest BCUT2D eigenvalue weighted by molar-refractivity contribution is 5.89. The van der Waals surface area contributed by atoms with Crippen LogP contribution in [0.2, 0.25) is 0 Å². The first-order valence-corrected chi connectivity index (χ1v) is 7.75. The van der Waals surface area contributed by atoms with Crippen LogP contribution < -0.4 is 10.9 Å². The molecule has 1 amide bonds. The molecule has 0 saturated carbocycles. The number of nitrogens with zero attached hydrogens (tertiary/aromatic N) is 2. The van der Waals surface area contributed by atoms with Crippen LogP contribution in [-0.4, -0.2) is 20.5 Å². The van der Waals surface area contributed by atoms with Crippen molar-refractivity contribution in [2.75, 3.05) is 5.32 Å². The predicted molar refractivity (Wildman–Crippen MR) is 94.3 cm³/mol. The average Bonchev–Trinajstić information content (AvgIpc) is 2.91. The Morgan fingerprint density at radius 3 is 2.46 bits per heavy atom. The zero-order valence-electron chi connectivity index (χ0n) is 14.2. The van der Waals surface area contributed by atoms with Crippen LogP contribution in [0.1, 0.15) is 33.4 Å². The van der Waals surface area contributed by atoms with E-state index in [0.29, 0.717) is 5.65 Å². The summed E-state index contributed by atoms with van der Waals surface area (Å²) in [6, 6.07) is 9.02. The number of hydrogen-bond acceptors (Lipinski definition) is 3. The Labute approximate surface area is 139 Å². The van der Waals surface area contributed by atoms with E-state index in [4.69, 9.17) is 0 Å². The second kappa shape index (κ2) is 5.63. The average molecular weight is 324 g/mol. The standard InChI is InChI=1S/C18H20N4O2/c1-11(23)20-13-7-5-12(6-8-13)14-10-19-22-16(24)9-15(18(2,3)4)21-17(14)22/h5-10,21H,1-4H3,(H,20,23). The molecule has 0 radical (unpaired) electrons. The molecule has 1 aromatic carbocycles. The first-order chi connectivity index (χ1) is 11.3. The van der Waals surface area contributed by atoms with Gasteiger partial charge >= 0.3 is 0 Å². The highest BCUT2D eigenvalue weighted by Crippen LogP contribution is 2.26. The van der Waals surface area contributed by atoms with E-state index in [1.165, 1.54) is 11.4 Å². The number of aromatic amines is 1. The third-order valence-corrected chi connectivity index (χ3v) is 3.82. The van der Waals surface area contributed by atoms with Crippen molar-refractivity contribution in [1.82, 2.24) is 14.6 Å². The lowest BCUT2D eigenvalue weighted by Crippen LogP contribution is -2.22. The molecule has 0 aliphatic heterocycles. The molecule has 6 nitrogen and oxygen atoms in total. The van der Waals surface area contributed by atoms with Gasteiger partial charge in [-0.2, -0.15) is 9.61 Å². The van der Waals surface area contributed by atoms with E-state index >= 15 is 0 Å². The van der Waals surface area contributed by atoms with Crippen LogP contribution in [0.25, 0.3) is 16.8 Å². The largest absolute Gasteiger partial charge is 0.342 e. The lowest BCUT2D eigenvalue weighted by Gasteiger charge is -2.18. The Bertz CT molecular complexity index is 959. The van der Waals surface area contributed by atoms with Gasteiger partial charge in [0.05, 0.1) is 6.20 Å². The Kier molecular flexibility index (Phi) is 3.75. The summed E-state index contributed by atoms with van der Waals surface area (Å²) in [5.41, 5.74) is 3.68. The van der Waals surface area contributed by atoms with Gasteiger partial charge in [-0.3, -0.25) is 9.59 Å². The summed E-state index contributed by atoms with van der Waals surface area (Å²) in [7, 11) is 0. The SMILES string of the molecule is CC(=O)Nc1ccc(-c2cnn3c(=O)cc(C(C)(C)C)[nH]c23)cc1. The molecule has 0 spiro atoms. The number of benzene rings is 1. The second-order valence-corrected chi connectivity index (χ2v) is 6.85. The molecule has 2 aromatic heterocycles. The van der Waals surface area contributed by atoms with Crippen molar-refractivity contribution in [3.05, 3.63) is 52.6 Å². The van der Waals surface area contributed by atoms with E-state index in [1.54, 1.807) is 12.3 Å². The molecule has 3 aromatic rings. The summed E-state index contributed by atoms with van der Waals surface area (Å²) in [5, 5.41) is 6.93. The Morgan fingerprint density at radius 2 is 1.88 bits per heavy atom. The fraction of sp³-hybridized carbons (Fsp3) is 0.278. The molecule has 2 N–H and O–H groups in total. The van der Waals surface area contributed by atoms with Crippen molar-refractivity contribution in [2.24, 2.45) is 0 Å². The Hall–Kier alpha value is -2.89. The predicted octanol–water partition coefficient (Wildman–Crippen LogP) is 2.95. The van der Waals surface area contributed by atoms with Crippen molar-refractivity contribution in [1.29, 1.82) is 0 Å². The number of aromatic nitrogens is 3. The fourth-order valence-electron chi connectivity index (χ4n) is 2.54. The van der Waals surface area contributed by atoms with E-state index in [2.05, 4.69) is 15.4 Å². The molecule has 0 fully saturated rings. The van der Waals surface area contributed by atoms with Crippen LogP contribution in [0.5, 0.6) is 0 Å². The van der Waals surface area contributed by atoms with E-state index in [-0.39, 0.29) is 16.9 Å². The fourth-order valence-corrected chi connectivity index (χ4v) is 2.54. The molecule has 6 heteroatoms. The van der Waals surface area contributed by atoms with Crippen LogP contribution in [0.15, 0.2) is 41.3 Å². The summed E-state index contributed by atoms with van der Waals surface area (Å²) in [6.07, 6.45) is 1.67. The number of carbonyl (C=O) groups is 1. The zero-order chi connectivity index (χ0) is 17.5. The molecule has 24 heavy (non-hydrogen) atoms. The molecule has 0 saturated heterocycles.